The quantitative estimate of drug-likeness (QED) is 0.353. The van der Waals surface area contributed by atoms with Crippen molar-refractivity contribution in [1.82, 2.24) is 0 Å². The number of nitro groups is 1. The SMILES string of the molecule is O=[N+]([O-])C(O)C(Br)CBr. The van der Waals surface area contributed by atoms with Gasteiger partial charge in [0.1, 0.15) is 4.83 Å². The highest BCUT2D eigenvalue weighted by atomic mass is 79.9. The van der Waals surface area contributed by atoms with Crippen molar-refractivity contribution in [2.45, 2.75) is 11.1 Å². The number of nitrogens with zero attached hydrogens (tertiary/aromatic N) is 1. The summed E-state index contributed by atoms with van der Waals surface area (Å²) in [5.41, 5.74) is 0. The van der Waals surface area contributed by atoms with E-state index in [4.69, 9.17) is 5.11 Å². The molecule has 0 heterocycles. The molecule has 2 atom stereocenters. The molecule has 2 unspecified atom stereocenters. The monoisotopic (exact) mass is 261 g/mol. The molecule has 0 aliphatic rings. The van der Waals surface area contributed by atoms with Gasteiger partial charge in [-0.3, -0.25) is 10.1 Å². The van der Waals surface area contributed by atoms with Gasteiger partial charge >= 0.3 is 6.23 Å². The Morgan fingerprint density at radius 1 is 1.78 bits per heavy atom. The maximum absolute atomic E-state index is 9.80. The summed E-state index contributed by atoms with van der Waals surface area (Å²) >= 11 is 5.88. The predicted molar refractivity (Wildman–Crippen MR) is 39.5 cm³/mol. The van der Waals surface area contributed by atoms with Gasteiger partial charge in [-0.15, -0.1) is 0 Å². The Morgan fingerprint density at radius 2 is 2.22 bits per heavy atom. The largest absolute Gasteiger partial charge is 0.332 e. The fraction of sp³-hybridized carbons (Fsp3) is 1.00. The molecule has 0 fully saturated rings. The van der Waals surface area contributed by atoms with Crippen LogP contribution in [0.5, 0.6) is 0 Å². The van der Waals surface area contributed by atoms with E-state index in [1.165, 1.54) is 0 Å². The third-order valence-electron chi connectivity index (χ3n) is 0.687. The first-order valence-corrected chi connectivity index (χ1v) is 4.15. The number of alkyl halides is 2. The van der Waals surface area contributed by atoms with E-state index < -0.39 is 16.0 Å². The van der Waals surface area contributed by atoms with Crippen LogP contribution in [-0.2, 0) is 0 Å². The lowest BCUT2D eigenvalue weighted by Crippen LogP contribution is -2.29. The van der Waals surface area contributed by atoms with Crippen LogP contribution in [0, 0.1) is 10.1 Å². The summed E-state index contributed by atoms with van der Waals surface area (Å²) in [5.74, 6) is 0. The standard InChI is InChI=1S/C3H5Br2NO3/c4-1-2(5)3(7)6(8)9/h2-3,7H,1H2. The smallest absolute Gasteiger partial charge is 0.326 e. The van der Waals surface area contributed by atoms with E-state index in [2.05, 4.69) is 31.9 Å². The van der Waals surface area contributed by atoms with E-state index in [1.807, 2.05) is 0 Å². The van der Waals surface area contributed by atoms with E-state index in [1.54, 1.807) is 0 Å². The van der Waals surface area contributed by atoms with Crippen molar-refractivity contribution >= 4 is 31.9 Å². The highest BCUT2D eigenvalue weighted by molar-refractivity contribution is 9.12. The van der Waals surface area contributed by atoms with Crippen molar-refractivity contribution in [1.29, 1.82) is 0 Å². The van der Waals surface area contributed by atoms with E-state index in [-0.39, 0.29) is 0 Å². The molecule has 0 saturated heterocycles. The minimum absolute atomic E-state index is 0.356. The van der Waals surface area contributed by atoms with E-state index in [0.29, 0.717) is 5.33 Å². The van der Waals surface area contributed by atoms with Gasteiger partial charge in [0.05, 0.1) is 4.92 Å². The third kappa shape index (κ3) is 3.12. The Kier molecular flexibility index (Phi) is 4.33. The average Bonchev–Trinajstić information content (AvgIpc) is 1.84. The Hall–Kier alpha value is 0.320. The molecule has 0 aliphatic carbocycles. The van der Waals surface area contributed by atoms with Gasteiger partial charge in [-0.25, -0.2) is 0 Å². The molecule has 0 bridgehead atoms. The predicted octanol–water partition coefficient (Wildman–Crippen LogP) is 0.740. The topological polar surface area (TPSA) is 63.4 Å². The van der Waals surface area contributed by atoms with Crippen molar-refractivity contribution in [3.05, 3.63) is 10.1 Å². The lowest BCUT2D eigenvalue weighted by molar-refractivity contribution is -0.568. The summed E-state index contributed by atoms with van der Waals surface area (Å²) in [6.45, 7) is 0. The zero-order valence-electron chi connectivity index (χ0n) is 4.33. The molecule has 1 N–H and O–H groups in total. The maximum Gasteiger partial charge on any atom is 0.326 e. The lowest BCUT2D eigenvalue weighted by atomic mass is 10.4. The van der Waals surface area contributed by atoms with Crippen molar-refractivity contribution in [3.8, 4) is 0 Å². The van der Waals surface area contributed by atoms with Crippen molar-refractivity contribution < 1.29 is 10.0 Å². The molecule has 0 aliphatic heterocycles. The normalized spacial score (nSPS) is 16.8. The summed E-state index contributed by atoms with van der Waals surface area (Å²) in [6.07, 6.45) is -1.52. The second kappa shape index (κ2) is 4.19. The van der Waals surface area contributed by atoms with Crippen LogP contribution in [0.15, 0.2) is 0 Å². The number of halogens is 2. The fourth-order valence-corrected chi connectivity index (χ4v) is 0.739. The lowest BCUT2D eigenvalue weighted by Gasteiger charge is -2.04. The summed E-state index contributed by atoms with van der Waals surface area (Å²) in [7, 11) is 0. The minimum Gasteiger partial charge on any atom is -0.332 e. The maximum atomic E-state index is 9.80. The van der Waals surface area contributed by atoms with Crippen LogP contribution in [0.1, 0.15) is 0 Å². The summed E-state index contributed by atoms with van der Waals surface area (Å²) in [4.78, 5) is 8.53. The van der Waals surface area contributed by atoms with Crippen LogP contribution in [-0.4, -0.2) is 26.4 Å². The van der Waals surface area contributed by atoms with Crippen molar-refractivity contribution in [2.24, 2.45) is 0 Å². The number of hydrogen-bond acceptors (Lipinski definition) is 3. The Morgan fingerprint density at radius 3 is 2.33 bits per heavy atom. The molecule has 9 heavy (non-hydrogen) atoms. The molecule has 0 aromatic rings. The molecule has 0 radical (unpaired) electrons. The fourth-order valence-electron chi connectivity index (χ4n) is 0.212. The number of aliphatic hydroxyl groups is 1. The third-order valence-corrected chi connectivity index (χ3v) is 3.05. The van der Waals surface area contributed by atoms with Crippen LogP contribution in [0.2, 0.25) is 0 Å². The minimum atomic E-state index is -1.52. The zero-order chi connectivity index (χ0) is 7.44. The van der Waals surface area contributed by atoms with Crippen LogP contribution < -0.4 is 0 Å². The van der Waals surface area contributed by atoms with Gasteiger partial charge in [0.2, 0.25) is 0 Å². The Labute approximate surface area is 68.7 Å². The van der Waals surface area contributed by atoms with E-state index in [0.717, 1.165) is 0 Å². The molecule has 6 heteroatoms. The van der Waals surface area contributed by atoms with E-state index in [9.17, 15) is 10.1 Å². The van der Waals surface area contributed by atoms with Gasteiger partial charge < -0.3 is 5.11 Å². The highest BCUT2D eigenvalue weighted by Gasteiger charge is 2.24. The van der Waals surface area contributed by atoms with Crippen LogP contribution in [0.4, 0.5) is 0 Å². The molecular weight excluding hydrogens is 258 g/mol. The van der Waals surface area contributed by atoms with Crippen LogP contribution in [0.3, 0.4) is 0 Å². The first-order valence-electron chi connectivity index (χ1n) is 2.11. The molecule has 0 spiro atoms. The van der Waals surface area contributed by atoms with Gasteiger partial charge in [0.25, 0.3) is 0 Å². The first-order chi connectivity index (χ1) is 4.09. The molecule has 54 valence electrons. The van der Waals surface area contributed by atoms with Gasteiger partial charge in [-0.1, -0.05) is 31.9 Å². The van der Waals surface area contributed by atoms with E-state index >= 15 is 0 Å². The molecule has 0 rings (SSSR count). The van der Waals surface area contributed by atoms with Gasteiger partial charge in [0.15, 0.2) is 0 Å². The van der Waals surface area contributed by atoms with Crippen LogP contribution >= 0.6 is 31.9 Å². The molecular formula is C3H5Br2NO3. The van der Waals surface area contributed by atoms with Gasteiger partial charge in [-0.2, -0.15) is 0 Å². The van der Waals surface area contributed by atoms with Gasteiger partial charge in [-0.05, 0) is 0 Å². The van der Waals surface area contributed by atoms with Crippen molar-refractivity contribution in [3.63, 3.8) is 0 Å². The molecule has 0 amide bonds. The second-order valence-electron chi connectivity index (χ2n) is 1.37. The summed E-state index contributed by atoms with van der Waals surface area (Å²) < 4.78 is 0. The molecule has 0 aromatic carbocycles. The average molecular weight is 263 g/mol. The highest BCUT2D eigenvalue weighted by Crippen LogP contribution is 2.08. The van der Waals surface area contributed by atoms with Gasteiger partial charge in [0, 0.05) is 5.33 Å². The molecule has 0 saturated carbocycles. The number of hydrogen-bond donors (Lipinski definition) is 1. The Balaban J connectivity index is 3.72. The van der Waals surface area contributed by atoms with Crippen molar-refractivity contribution in [2.75, 3.05) is 5.33 Å². The summed E-state index contributed by atoms with van der Waals surface area (Å²) in [5, 5.41) is 18.8. The summed E-state index contributed by atoms with van der Waals surface area (Å²) in [6, 6.07) is 0. The van der Waals surface area contributed by atoms with Crippen LogP contribution in [0.25, 0.3) is 0 Å². The number of rotatable bonds is 3. The zero-order valence-corrected chi connectivity index (χ0v) is 7.50. The molecule has 4 nitrogen and oxygen atoms in total. The second-order valence-corrected chi connectivity index (χ2v) is 3.19. The Bertz CT molecular complexity index is 109. The first kappa shape index (κ1) is 9.32. The molecule has 0 aromatic heterocycles. The number of aliphatic hydroxyl groups excluding tert-OH is 1.